The van der Waals surface area contributed by atoms with Crippen molar-refractivity contribution in [2.24, 2.45) is 0 Å². The number of aromatic amines is 1. The number of hydrogen-bond donors (Lipinski definition) is 2. The normalized spacial score (nSPS) is 10.3. The number of nitrogens with zero attached hydrogens (tertiary/aromatic N) is 1. The van der Waals surface area contributed by atoms with Gasteiger partial charge in [0.25, 0.3) is 11.5 Å². The van der Waals surface area contributed by atoms with Crippen LogP contribution in [0.5, 0.6) is 0 Å². The zero-order valence-corrected chi connectivity index (χ0v) is 13.8. The average Bonchev–Trinajstić information content (AvgIpc) is 2.44. The van der Waals surface area contributed by atoms with E-state index in [9.17, 15) is 14.4 Å². The van der Waals surface area contributed by atoms with Crippen LogP contribution in [0.3, 0.4) is 0 Å². The molecule has 1 aromatic heterocycles. The zero-order chi connectivity index (χ0) is 17.6. The van der Waals surface area contributed by atoms with Crippen molar-refractivity contribution in [2.75, 3.05) is 6.61 Å². The largest absolute Gasteiger partial charge is 0.456 e. The Morgan fingerprint density at radius 1 is 1.35 bits per heavy atom. The predicted molar refractivity (Wildman–Crippen MR) is 83.8 cm³/mol. The van der Waals surface area contributed by atoms with Gasteiger partial charge in [-0.05, 0) is 45.2 Å². The molecule has 0 aliphatic carbocycles. The Balaban J connectivity index is 2.66. The number of nitriles is 1. The fourth-order valence-corrected chi connectivity index (χ4v) is 2.23. The molecule has 0 radical (unpaired) electrons. The molecule has 0 atom stereocenters. The Morgan fingerprint density at radius 2 is 2.00 bits per heavy atom. The van der Waals surface area contributed by atoms with Gasteiger partial charge in [-0.3, -0.25) is 14.4 Å². The Morgan fingerprint density at radius 3 is 2.57 bits per heavy atom. The number of rotatable bonds is 6. The molecule has 0 aromatic carbocycles. The third-order valence-electron chi connectivity index (χ3n) is 3.31. The van der Waals surface area contributed by atoms with Crippen molar-refractivity contribution >= 4 is 11.9 Å². The summed E-state index contributed by atoms with van der Waals surface area (Å²) in [5, 5.41) is 11.6. The van der Waals surface area contributed by atoms with Gasteiger partial charge in [0.15, 0.2) is 6.61 Å². The average molecular weight is 319 g/mol. The highest BCUT2D eigenvalue weighted by Gasteiger charge is 2.14. The van der Waals surface area contributed by atoms with Gasteiger partial charge in [-0.1, -0.05) is 0 Å². The van der Waals surface area contributed by atoms with Crippen LogP contribution in [-0.4, -0.2) is 29.5 Å². The Kier molecular flexibility index (Phi) is 6.51. The second kappa shape index (κ2) is 8.13. The number of esters is 1. The van der Waals surface area contributed by atoms with Crippen LogP contribution in [0.25, 0.3) is 0 Å². The molecular weight excluding hydrogens is 298 g/mol. The molecule has 0 spiro atoms. The summed E-state index contributed by atoms with van der Waals surface area (Å²) in [7, 11) is 0. The van der Waals surface area contributed by atoms with Gasteiger partial charge in [-0.2, -0.15) is 5.26 Å². The highest BCUT2D eigenvalue weighted by atomic mass is 16.5. The molecule has 7 heteroatoms. The lowest BCUT2D eigenvalue weighted by atomic mass is 9.99. The maximum absolute atomic E-state index is 11.7. The van der Waals surface area contributed by atoms with Crippen molar-refractivity contribution in [3.8, 4) is 6.07 Å². The van der Waals surface area contributed by atoms with Crippen LogP contribution in [0.1, 0.15) is 42.7 Å². The number of aromatic nitrogens is 1. The summed E-state index contributed by atoms with van der Waals surface area (Å²) in [6.07, 6.45) is 0.390. The Hall–Kier alpha value is -2.62. The molecule has 0 unspecified atom stereocenters. The number of amides is 1. The van der Waals surface area contributed by atoms with E-state index in [1.807, 2.05) is 19.9 Å². The molecular formula is C16H21N3O4. The van der Waals surface area contributed by atoms with E-state index in [-0.39, 0.29) is 30.5 Å². The molecule has 0 aliphatic rings. The van der Waals surface area contributed by atoms with Gasteiger partial charge in [0, 0.05) is 18.2 Å². The van der Waals surface area contributed by atoms with Crippen molar-refractivity contribution in [2.45, 2.75) is 46.6 Å². The fraction of sp³-hybridized carbons (Fsp3) is 0.500. The summed E-state index contributed by atoms with van der Waals surface area (Å²) in [5.41, 5.74) is 1.55. The van der Waals surface area contributed by atoms with Crippen LogP contribution in [0, 0.1) is 25.2 Å². The molecule has 23 heavy (non-hydrogen) atoms. The first-order valence-electron chi connectivity index (χ1n) is 7.33. The molecule has 0 aliphatic heterocycles. The predicted octanol–water partition coefficient (Wildman–Crippen LogP) is 0.864. The van der Waals surface area contributed by atoms with Gasteiger partial charge in [0.1, 0.15) is 11.6 Å². The Bertz CT molecular complexity index is 699. The highest BCUT2D eigenvalue weighted by molar-refractivity contribution is 5.80. The molecule has 1 aromatic rings. The quantitative estimate of drug-likeness (QED) is 0.755. The number of pyridine rings is 1. The molecule has 7 nitrogen and oxygen atoms in total. The van der Waals surface area contributed by atoms with E-state index in [4.69, 9.17) is 10.00 Å². The van der Waals surface area contributed by atoms with Crippen LogP contribution in [-0.2, 0) is 20.7 Å². The number of hydrogen-bond acceptors (Lipinski definition) is 5. The van der Waals surface area contributed by atoms with Gasteiger partial charge in [0.05, 0.1) is 0 Å². The van der Waals surface area contributed by atoms with Crippen LogP contribution >= 0.6 is 0 Å². The maximum atomic E-state index is 11.7. The van der Waals surface area contributed by atoms with Gasteiger partial charge >= 0.3 is 5.97 Å². The van der Waals surface area contributed by atoms with E-state index in [0.717, 1.165) is 5.56 Å². The lowest BCUT2D eigenvalue weighted by Gasteiger charge is -2.11. The summed E-state index contributed by atoms with van der Waals surface area (Å²) < 4.78 is 4.90. The number of ether oxygens (including phenoxy) is 1. The molecule has 0 bridgehead atoms. The van der Waals surface area contributed by atoms with Crippen molar-refractivity contribution in [3.05, 3.63) is 32.7 Å². The summed E-state index contributed by atoms with van der Waals surface area (Å²) in [5.74, 6) is -0.857. The molecule has 0 saturated heterocycles. The van der Waals surface area contributed by atoms with Crippen molar-refractivity contribution < 1.29 is 14.3 Å². The first-order valence-corrected chi connectivity index (χ1v) is 7.33. The summed E-state index contributed by atoms with van der Waals surface area (Å²) in [6, 6.07) is 1.85. The smallest absolute Gasteiger partial charge is 0.306 e. The summed E-state index contributed by atoms with van der Waals surface area (Å²) in [4.78, 5) is 37.3. The number of aryl methyl sites for hydroxylation is 1. The first kappa shape index (κ1) is 18.4. The van der Waals surface area contributed by atoms with Gasteiger partial charge < -0.3 is 15.0 Å². The fourth-order valence-electron chi connectivity index (χ4n) is 2.23. The third kappa shape index (κ3) is 5.25. The number of H-pyrrole nitrogens is 1. The molecule has 0 fully saturated rings. The topological polar surface area (TPSA) is 112 Å². The summed E-state index contributed by atoms with van der Waals surface area (Å²) in [6.45, 7) is 6.70. The lowest BCUT2D eigenvalue weighted by molar-refractivity contribution is -0.148. The van der Waals surface area contributed by atoms with E-state index in [1.54, 1.807) is 13.8 Å². The Labute approximate surface area is 134 Å². The monoisotopic (exact) mass is 319 g/mol. The van der Waals surface area contributed by atoms with E-state index in [2.05, 4.69) is 10.3 Å². The van der Waals surface area contributed by atoms with Crippen molar-refractivity contribution in [1.82, 2.24) is 10.3 Å². The van der Waals surface area contributed by atoms with Gasteiger partial charge in [0.2, 0.25) is 0 Å². The van der Waals surface area contributed by atoms with E-state index in [0.29, 0.717) is 17.7 Å². The lowest BCUT2D eigenvalue weighted by Crippen LogP contribution is -2.34. The van der Waals surface area contributed by atoms with Crippen molar-refractivity contribution in [3.63, 3.8) is 0 Å². The summed E-state index contributed by atoms with van der Waals surface area (Å²) >= 11 is 0. The van der Waals surface area contributed by atoms with Crippen LogP contribution < -0.4 is 10.9 Å². The molecule has 1 heterocycles. The SMILES string of the molecule is Cc1[nH]c(=O)c(C#N)c(C)c1CCC(=O)OCC(=O)NC(C)C. The van der Waals surface area contributed by atoms with Crippen molar-refractivity contribution in [1.29, 1.82) is 5.26 Å². The van der Waals surface area contributed by atoms with Crippen LogP contribution in [0.15, 0.2) is 4.79 Å². The zero-order valence-electron chi connectivity index (χ0n) is 13.8. The molecule has 1 amide bonds. The molecule has 2 N–H and O–H groups in total. The van der Waals surface area contributed by atoms with Crippen LogP contribution in [0.2, 0.25) is 0 Å². The second-order valence-electron chi connectivity index (χ2n) is 5.55. The highest BCUT2D eigenvalue weighted by Crippen LogP contribution is 2.15. The standard InChI is InChI=1S/C16H21N3O4/c1-9(2)18-14(20)8-23-15(21)6-5-12-10(3)13(7-17)16(22)19-11(12)4/h9H,5-6,8H2,1-4H3,(H,18,20)(H,19,22). The maximum Gasteiger partial charge on any atom is 0.306 e. The minimum Gasteiger partial charge on any atom is -0.456 e. The number of carbonyl (C=O) groups is 2. The van der Waals surface area contributed by atoms with E-state index >= 15 is 0 Å². The third-order valence-corrected chi connectivity index (χ3v) is 3.31. The minimum atomic E-state index is -0.507. The first-order chi connectivity index (χ1) is 10.8. The molecule has 0 saturated carbocycles. The molecule has 1 rings (SSSR count). The second-order valence-corrected chi connectivity index (χ2v) is 5.55. The number of nitrogens with one attached hydrogen (secondary N) is 2. The van der Waals surface area contributed by atoms with E-state index < -0.39 is 11.5 Å². The number of carbonyl (C=O) groups excluding carboxylic acids is 2. The molecule has 124 valence electrons. The van der Waals surface area contributed by atoms with Crippen LogP contribution in [0.4, 0.5) is 0 Å². The minimum absolute atomic E-state index is 0.0166. The van der Waals surface area contributed by atoms with Gasteiger partial charge in [-0.15, -0.1) is 0 Å². The van der Waals surface area contributed by atoms with E-state index in [1.165, 1.54) is 0 Å². The van der Waals surface area contributed by atoms with Gasteiger partial charge in [-0.25, -0.2) is 0 Å².